The summed E-state index contributed by atoms with van der Waals surface area (Å²) in [6.45, 7) is 2.80. The lowest BCUT2D eigenvalue weighted by molar-refractivity contribution is 0.141. The van der Waals surface area contributed by atoms with Crippen LogP contribution in [0.25, 0.3) is 0 Å². The van der Waals surface area contributed by atoms with Crippen molar-refractivity contribution in [3.05, 3.63) is 47.8 Å². The van der Waals surface area contributed by atoms with Gasteiger partial charge in [0.05, 0.1) is 11.7 Å². The molecular weight excluding hydrogens is 286 g/mol. The molecule has 1 aromatic carbocycles. The number of hydrogen-bond donors (Lipinski definition) is 1. The number of nitrogens with zero attached hydrogens (tertiary/aromatic N) is 3. The molecule has 1 fully saturated rings. The molecule has 2 N–H and O–H groups in total. The molecule has 22 heavy (non-hydrogen) atoms. The standard InChI is InChI=1S/C16H20F2N4/c17-16(18)15-14(19)11-22(20-15)13-6-8-21(9-7-13)10-12-4-2-1-3-5-12/h1-5,11,13,16H,6-10,19H2. The number of alkyl halides is 2. The SMILES string of the molecule is Nc1cn(C2CCN(Cc3ccccc3)CC2)nc1C(F)F. The lowest BCUT2D eigenvalue weighted by atomic mass is 10.0. The summed E-state index contributed by atoms with van der Waals surface area (Å²) in [7, 11) is 0. The van der Waals surface area contributed by atoms with Crippen LogP contribution >= 0.6 is 0 Å². The smallest absolute Gasteiger partial charge is 0.284 e. The van der Waals surface area contributed by atoms with E-state index in [9.17, 15) is 8.78 Å². The molecule has 0 amide bonds. The molecule has 1 aliphatic rings. The molecule has 1 aromatic heterocycles. The highest BCUT2D eigenvalue weighted by molar-refractivity contribution is 5.41. The molecule has 0 bridgehead atoms. The molecule has 3 rings (SSSR count). The van der Waals surface area contributed by atoms with Crippen molar-refractivity contribution in [2.45, 2.75) is 31.9 Å². The Morgan fingerprint density at radius 1 is 1.18 bits per heavy atom. The zero-order chi connectivity index (χ0) is 15.5. The number of benzene rings is 1. The molecule has 2 aromatic rings. The number of aromatic nitrogens is 2. The highest BCUT2D eigenvalue weighted by Crippen LogP contribution is 2.28. The molecule has 118 valence electrons. The van der Waals surface area contributed by atoms with Crippen LogP contribution in [0.4, 0.5) is 14.5 Å². The summed E-state index contributed by atoms with van der Waals surface area (Å²) >= 11 is 0. The lowest BCUT2D eigenvalue weighted by Crippen LogP contribution is -2.34. The third-order valence-electron chi connectivity index (χ3n) is 4.18. The summed E-state index contributed by atoms with van der Waals surface area (Å²) in [4.78, 5) is 2.38. The van der Waals surface area contributed by atoms with Gasteiger partial charge in [0, 0.05) is 25.8 Å². The van der Waals surface area contributed by atoms with Gasteiger partial charge < -0.3 is 5.73 Å². The molecule has 1 saturated heterocycles. The quantitative estimate of drug-likeness (QED) is 0.943. The van der Waals surface area contributed by atoms with Gasteiger partial charge in [-0.2, -0.15) is 5.10 Å². The second-order valence-corrected chi connectivity index (χ2v) is 5.74. The summed E-state index contributed by atoms with van der Waals surface area (Å²) in [6.07, 6.45) is 0.728. The van der Waals surface area contributed by atoms with E-state index in [1.165, 1.54) is 5.56 Å². The molecule has 0 atom stereocenters. The predicted octanol–water partition coefficient (Wildman–Crippen LogP) is 3.24. The predicted molar refractivity (Wildman–Crippen MR) is 81.6 cm³/mol. The number of likely N-dealkylation sites (tertiary alicyclic amines) is 1. The topological polar surface area (TPSA) is 47.1 Å². The second-order valence-electron chi connectivity index (χ2n) is 5.74. The molecule has 1 aliphatic heterocycles. The van der Waals surface area contributed by atoms with Crippen LogP contribution in [0.15, 0.2) is 36.5 Å². The summed E-state index contributed by atoms with van der Waals surface area (Å²) in [5.74, 6) is 0. The number of halogens is 2. The van der Waals surface area contributed by atoms with Crippen molar-refractivity contribution in [2.24, 2.45) is 0 Å². The molecule has 2 heterocycles. The first-order valence-corrected chi connectivity index (χ1v) is 7.52. The van der Waals surface area contributed by atoms with Crippen molar-refractivity contribution >= 4 is 5.69 Å². The third kappa shape index (κ3) is 3.27. The number of piperidine rings is 1. The zero-order valence-electron chi connectivity index (χ0n) is 12.3. The van der Waals surface area contributed by atoms with Crippen LogP contribution in [-0.2, 0) is 6.54 Å². The number of anilines is 1. The van der Waals surface area contributed by atoms with Crippen molar-refractivity contribution in [3.8, 4) is 0 Å². The summed E-state index contributed by atoms with van der Waals surface area (Å²) < 4.78 is 27.1. The minimum atomic E-state index is -2.61. The first-order chi connectivity index (χ1) is 10.6. The fourth-order valence-electron chi connectivity index (χ4n) is 2.96. The molecule has 0 aliphatic carbocycles. The van der Waals surface area contributed by atoms with E-state index in [4.69, 9.17) is 5.73 Å². The molecular formula is C16H20F2N4. The zero-order valence-corrected chi connectivity index (χ0v) is 12.3. The molecule has 0 radical (unpaired) electrons. The molecule has 6 heteroatoms. The van der Waals surface area contributed by atoms with Crippen molar-refractivity contribution in [1.29, 1.82) is 0 Å². The largest absolute Gasteiger partial charge is 0.396 e. The van der Waals surface area contributed by atoms with Crippen LogP contribution in [0.3, 0.4) is 0 Å². The van der Waals surface area contributed by atoms with Gasteiger partial charge in [-0.15, -0.1) is 0 Å². The maximum Gasteiger partial charge on any atom is 0.284 e. The maximum atomic E-state index is 12.7. The van der Waals surface area contributed by atoms with E-state index < -0.39 is 6.43 Å². The van der Waals surface area contributed by atoms with E-state index in [1.54, 1.807) is 10.9 Å². The van der Waals surface area contributed by atoms with E-state index in [2.05, 4.69) is 22.1 Å². The van der Waals surface area contributed by atoms with Crippen molar-refractivity contribution in [2.75, 3.05) is 18.8 Å². The van der Waals surface area contributed by atoms with Gasteiger partial charge in [-0.3, -0.25) is 9.58 Å². The first-order valence-electron chi connectivity index (χ1n) is 7.52. The van der Waals surface area contributed by atoms with E-state index in [-0.39, 0.29) is 17.4 Å². The van der Waals surface area contributed by atoms with Crippen LogP contribution in [0.1, 0.15) is 36.6 Å². The monoisotopic (exact) mass is 306 g/mol. The van der Waals surface area contributed by atoms with Gasteiger partial charge in [0.15, 0.2) is 5.69 Å². The van der Waals surface area contributed by atoms with E-state index in [1.807, 2.05) is 18.2 Å². The average molecular weight is 306 g/mol. The van der Waals surface area contributed by atoms with Gasteiger partial charge in [-0.05, 0) is 18.4 Å². The van der Waals surface area contributed by atoms with Gasteiger partial charge in [0.1, 0.15) is 0 Å². The highest BCUT2D eigenvalue weighted by Gasteiger charge is 2.24. The van der Waals surface area contributed by atoms with Gasteiger partial charge in [-0.25, -0.2) is 8.78 Å². The minimum absolute atomic E-state index is 0.0849. The normalized spacial score (nSPS) is 17.2. The van der Waals surface area contributed by atoms with Crippen molar-refractivity contribution in [1.82, 2.24) is 14.7 Å². The van der Waals surface area contributed by atoms with Crippen LogP contribution < -0.4 is 5.73 Å². The van der Waals surface area contributed by atoms with Crippen LogP contribution in [-0.4, -0.2) is 27.8 Å². The Hall–Kier alpha value is -1.95. The Balaban J connectivity index is 1.58. The van der Waals surface area contributed by atoms with Crippen LogP contribution in [0.5, 0.6) is 0 Å². The Bertz CT molecular complexity index is 604. The number of rotatable bonds is 4. The van der Waals surface area contributed by atoms with E-state index >= 15 is 0 Å². The fourth-order valence-corrected chi connectivity index (χ4v) is 2.96. The molecule has 0 unspecified atom stereocenters. The summed E-state index contributed by atoms with van der Waals surface area (Å²) in [5, 5.41) is 3.97. The Morgan fingerprint density at radius 3 is 2.45 bits per heavy atom. The average Bonchev–Trinajstić information content (AvgIpc) is 2.91. The highest BCUT2D eigenvalue weighted by atomic mass is 19.3. The van der Waals surface area contributed by atoms with Gasteiger partial charge in [0.25, 0.3) is 6.43 Å². The Kier molecular flexibility index (Phi) is 4.38. The van der Waals surface area contributed by atoms with Gasteiger partial charge >= 0.3 is 0 Å². The molecule has 0 spiro atoms. The Labute approximate surface area is 128 Å². The fraction of sp³-hybridized carbons (Fsp3) is 0.438. The lowest BCUT2D eigenvalue weighted by Gasteiger charge is -2.32. The Morgan fingerprint density at radius 2 is 1.86 bits per heavy atom. The van der Waals surface area contributed by atoms with Crippen molar-refractivity contribution < 1.29 is 8.78 Å². The molecule has 0 saturated carbocycles. The van der Waals surface area contributed by atoms with E-state index in [0.717, 1.165) is 32.5 Å². The summed E-state index contributed by atoms with van der Waals surface area (Å²) in [6, 6.07) is 10.5. The van der Waals surface area contributed by atoms with Gasteiger partial charge in [-0.1, -0.05) is 30.3 Å². The number of nitrogens with two attached hydrogens (primary N) is 1. The number of hydrogen-bond acceptors (Lipinski definition) is 3. The van der Waals surface area contributed by atoms with Crippen LogP contribution in [0, 0.1) is 0 Å². The maximum absolute atomic E-state index is 12.7. The first kappa shape index (κ1) is 15.0. The van der Waals surface area contributed by atoms with E-state index in [0.29, 0.717) is 0 Å². The van der Waals surface area contributed by atoms with Crippen LogP contribution in [0.2, 0.25) is 0 Å². The summed E-state index contributed by atoms with van der Waals surface area (Å²) in [5.41, 5.74) is 6.69. The molecule has 4 nitrogen and oxygen atoms in total. The number of nitrogen functional groups attached to an aromatic ring is 1. The second kappa shape index (κ2) is 6.44. The van der Waals surface area contributed by atoms with Crippen molar-refractivity contribution in [3.63, 3.8) is 0 Å². The minimum Gasteiger partial charge on any atom is -0.396 e. The van der Waals surface area contributed by atoms with Gasteiger partial charge in [0.2, 0.25) is 0 Å². The third-order valence-corrected chi connectivity index (χ3v) is 4.18.